The number of nitrogens with one attached hydrogen (secondary N) is 1. The number of imidazole rings is 1. The molecule has 4 nitrogen and oxygen atoms in total. The highest BCUT2D eigenvalue weighted by atomic mass is 16.3. The smallest absolute Gasteiger partial charge is 0.108 e. The molecule has 0 aromatic carbocycles. The number of furan rings is 1. The fourth-order valence-electron chi connectivity index (χ4n) is 2.36. The fraction of sp³-hybridized carbons (Fsp3) is 0.500. The van der Waals surface area contributed by atoms with E-state index in [1.165, 1.54) is 5.56 Å². The Labute approximate surface area is 108 Å². The van der Waals surface area contributed by atoms with E-state index < -0.39 is 0 Å². The molecular weight excluding hydrogens is 226 g/mol. The van der Waals surface area contributed by atoms with Gasteiger partial charge >= 0.3 is 0 Å². The van der Waals surface area contributed by atoms with E-state index in [1.54, 1.807) is 0 Å². The molecule has 0 saturated heterocycles. The summed E-state index contributed by atoms with van der Waals surface area (Å²) < 4.78 is 7.67. The number of aromatic nitrogens is 2. The van der Waals surface area contributed by atoms with Crippen molar-refractivity contribution in [2.75, 3.05) is 7.05 Å². The average Bonchev–Trinajstić information content (AvgIpc) is 2.87. The number of rotatable bonds is 5. The van der Waals surface area contributed by atoms with Gasteiger partial charge in [-0.1, -0.05) is 0 Å². The third-order valence-electron chi connectivity index (χ3n) is 3.38. The SMILES string of the molecule is CNC(CCc1nccn1C)c1cc(C)oc1C. The number of hydrogen-bond acceptors (Lipinski definition) is 3. The van der Waals surface area contributed by atoms with Crippen LogP contribution in [0.2, 0.25) is 0 Å². The van der Waals surface area contributed by atoms with E-state index in [0.29, 0.717) is 6.04 Å². The molecule has 2 heterocycles. The second-order valence-corrected chi connectivity index (χ2v) is 4.70. The molecule has 1 unspecified atom stereocenters. The number of hydrogen-bond donors (Lipinski definition) is 1. The third kappa shape index (κ3) is 2.64. The summed E-state index contributed by atoms with van der Waals surface area (Å²) >= 11 is 0. The normalized spacial score (nSPS) is 12.9. The van der Waals surface area contributed by atoms with Crippen LogP contribution in [0.5, 0.6) is 0 Å². The Morgan fingerprint density at radius 1 is 1.44 bits per heavy atom. The number of aryl methyl sites for hydroxylation is 4. The van der Waals surface area contributed by atoms with Crippen LogP contribution in [0.4, 0.5) is 0 Å². The predicted octanol–water partition coefficient (Wildman–Crippen LogP) is 2.52. The van der Waals surface area contributed by atoms with Gasteiger partial charge in [-0.15, -0.1) is 0 Å². The minimum Gasteiger partial charge on any atom is -0.466 e. The predicted molar refractivity (Wildman–Crippen MR) is 71.5 cm³/mol. The van der Waals surface area contributed by atoms with Gasteiger partial charge in [0.05, 0.1) is 0 Å². The molecule has 2 rings (SSSR count). The molecule has 98 valence electrons. The highest BCUT2D eigenvalue weighted by Gasteiger charge is 2.16. The van der Waals surface area contributed by atoms with Crippen molar-refractivity contribution in [2.45, 2.75) is 32.7 Å². The Hall–Kier alpha value is -1.55. The van der Waals surface area contributed by atoms with Gasteiger partial charge in [-0.2, -0.15) is 0 Å². The lowest BCUT2D eigenvalue weighted by molar-refractivity contribution is 0.481. The summed E-state index contributed by atoms with van der Waals surface area (Å²) in [6, 6.07) is 2.44. The standard InChI is InChI=1S/C14H21N3O/c1-10-9-12(11(2)18-10)13(15-3)5-6-14-16-7-8-17(14)4/h7-9,13,15H,5-6H2,1-4H3. The molecule has 0 radical (unpaired) electrons. The van der Waals surface area contributed by atoms with Gasteiger partial charge in [0.1, 0.15) is 17.3 Å². The van der Waals surface area contributed by atoms with Gasteiger partial charge in [0.25, 0.3) is 0 Å². The van der Waals surface area contributed by atoms with E-state index in [-0.39, 0.29) is 0 Å². The Bertz CT molecular complexity index is 513. The molecule has 2 aromatic rings. The molecule has 0 fully saturated rings. The minimum atomic E-state index is 0.319. The van der Waals surface area contributed by atoms with E-state index >= 15 is 0 Å². The van der Waals surface area contributed by atoms with Crippen LogP contribution in [0.3, 0.4) is 0 Å². The number of nitrogens with zero attached hydrogens (tertiary/aromatic N) is 2. The molecule has 2 aromatic heterocycles. The fourth-order valence-corrected chi connectivity index (χ4v) is 2.36. The molecule has 0 saturated carbocycles. The Balaban J connectivity index is 2.06. The molecule has 0 spiro atoms. The largest absolute Gasteiger partial charge is 0.466 e. The highest BCUT2D eigenvalue weighted by Crippen LogP contribution is 2.24. The molecule has 4 heteroatoms. The van der Waals surface area contributed by atoms with Crippen LogP contribution in [0, 0.1) is 13.8 Å². The van der Waals surface area contributed by atoms with Crippen molar-refractivity contribution >= 4 is 0 Å². The summed E-state index contributed by atoms with van der Waals surface area (Å²) in [4.78, 5) is 4.36. The third-order valence-corrected chi connectivity index (χ3v) is 3.38. The summed E-state index contributed by atoms with van der Waals surface area (Å²) in [6.07, 6.45) is 5.80. The Morgan fingerprint density at radius 3 is 2.72 bits per heavy atom. The van der Waals surface area contributed by atoms with Gasteiger partial charge in [0.15, 0.2) is 0 Å². The molecule has 1 atom stereocenters. The Kier molecular flexibility index (Phi) is 3.87. The lowest BCUT2D eigenvalue weighted by Crippen LogP contribution is -2.18. The van der Waals surface area contributed by atoms with E-state index in [4.69, 9.17) is 4.42 Å². The van der Waals surface area contributed by atoms with Crippen LogP contribution in [0.25, 0.3) is 0 Å². The van der Waals surface area contributed by atoms with Crippen LogP contribution in [-0.2, 0) is 13.5 Å². The second-order valence-electron chi connectivity index (χ2n) is 4.70. The van der Waals surface area contributed by atoms with Gasteiger partial charge in [-0.3, -0.25) is 0 Å². The summed E-state index contributed by atoms with van der Waals surface area (Å²) in [5.74, 6) is 3.10. The molecule has 0 aliphatic rings. The molecule has 0 aliphatic carbocycles. The minimum absolute atomic E-state index is 0.319. The molecule has 0 bridgehead atoms. The maximum Gasteiger partial charge on any atom is 0.108 e. The summed E-state index contributed by atoms with van der Waals surface area (Å²) in [5.41, 5.74) is 1.25. The van der Waals surface area contributed by atoms with Gasteiger partial charge in [0.2, 0.25) is 0 Å². The van der Waals surface area contributed by atoms with Crippen LogP contribution >= 0.6 is 0 Å². The monoisotopic (exact) mass is 247 g/mol. The van der Waals surface area contributed by atoms with Gasteiger partial charge in [0, 0.05) is 37.5 Å². The summed E-state index contributed by atoms with van der Waals surface area (Å²) in [5, 5.41) is 3.36. The van der Waals surface area contributed by atoms with E-state index in [1.807, 2.05) is 40.3 Å². The lowest BCUT2D eigenvalue weighted by Gasteiger charge is -2.15. The van der Waals surface area contributed by atoms with Crippen molar-refractivity contribution in [3.8, 4) is 0 Å². The van der Waals surface area contributed by atoms with Crippen molar-refractivity contribution in [1.82, 2.24) is 14.9 Å². The van der Waals surface area contributed by atoms with Gasteiger partial charge in [-0.25, -0.2) is 4.98 Å². The van der Waals surface area contributed by atoms with Crippen LogP contribution in [0.1, 0.15) is 35.4 Å². The summed E-state index contributed by atoms with van der Waals surface area (Å²) in [7, 11) is 4.02. The van der Waals surface area contributed by atoms with Crippen molar-refractivity contribution in [2.24, 2.45) is 7.05 Å². The van der Waals surface area contributed by atoms with Crippen molar-refractivity contribution < 1.29 is 4.42 Å². The maximum absolute atomic E-state index is 5.60. The van der Waals surface area contributed by atoms with E-state index in [2.05, 4.69) is 20.9 Å². The summed E-state index contributed by atoms with van der Waals surface area (Å²) in [6.45, 7) is 4.01. The average molecular weight is 247 g/mol. The first-order valence-electron chi connectivity index (χ1n) is 6.32. The van der Waals surface area contributed by atoms with Crippen LogP contribution < -0.4 is 5.32 Å². The van der Waals surface area contributed by atoms with Crippen molar-refractivity contribution in [1.29, 1.82) is 0 Å². The maximum atomic E-state index is 5.60. The van der Waals surface area contributed by atoms with E-state index in [0.717, 1.165) is 30.2 Å². The molecular formula is C14H21N3O. The van der Waals surface area contributed by atoms with Crippen molar-refractivity contribution in [3.05, 3.63) is 41.4 Å². The first kappa shape index (κ1) is 12.9. The van der Waals surface area contributed by atoms with Gasteiger partial charge < -0.3 is 14.3 Å². The first-order chi connectivity index (χ1) is 8.61. The molecule has 1 N–H and O–H groups in total. The zero-order valence-electron chi connectivity index (χ0n) is 11.5. The molecule has 18 heavy (non-hydrogen) atoms. The second kappa shape index (κ2) is 5.40. The Morgan fingerprint density at radius 2 is 2.22 bits per heavy atom. The quantitative estimate of drug-likeness (QED) is 0.883. The van der Waals surface area contributed by atoms with E-state index in [9.17, 15) is 0 Å². The van der Waals surface area contributed by atoms with Gasteiger partial charge in [-0.05, 0) is 33.4 Å². The zero-order valence-corrected chi connectivity index (χ0v) is 11.5. The van der Waals surface area contributed by atoms with Crippen LogP contribution in [0.15, 0.2) is 22.9 Å². The highest BCUT2D eigenvalue weighted by molar-refractivity contribution is 5.24. The first-order valence-corrected chi connectivity index (χ1v) is 6.32. The molecule has 0 aliphatic heterocycles. The topological polar surface area (TPSA) is 43.0 Å². The van der Waals surface area contributed by atoms with Crippen molar-refractivity contribution in [3.63, 3.8) is 0 Å². The molecule has 0 amide bonds. The lowest BCUT2D eigenvalue weighted by atomic mass is 10.0. The zero-order chi connectivity index (χ0) is 13.1. The van der Waals surface area contributed by atoms with Crippen LogP contribution in [-0.4, -0.2) is 16.6 Å².